The molecule has 2 aromatic rings. The van der Waals surface area contributed by atoms with Gasteiger partial charge in [-0.25, -0.2) is 4.39 Å². The predicted molar refractivity (Wildman–Crippen MR) is 66.0 cm³/mol. The second-order valence-electron chi connectivity index (χ2n) is 4.01. The lowest BCUT2D eigenvalue weighted by atomic mass is 9.99. The number of hydrogen-bond acceptors (Lipinski definition) is 2. The van der Waals surface area contributed by atoms with Crippen LogP contribution < -0.4 is 5.73 Å². The molecule has 0 spiro atoms. The number of aryl methyl sites for hydroxylation is 1. The van der Waals surface area contributed by atoms with E-state index < -0.39 is 0 Å². The Morgan fingerprint density at radius 2 is 1.88 bits per heavy atom. The number of nitrogens with zero attached hydrogens (tertiary/aromatic N) is 1. The fourth-order valence-electron chi connectivity index (χ4n) is 1.75. The van der Waals surface area contributed by atoms with E-state index in [4.69, 9.17) is 5.73 Å². The summed E-state index contributed by atoms with van der Waals surface area (Å²) in [5, 5.41) is 0. The summed E-state index contributed by atoms with van der Waals surface area (Å²) in [5.41, 5.74) is 8.99. The van der Waals surface area contributed by atoms with Crippen LogP contribution in [-0.4, -0.2) is 4.98 Å². The summed E-state index contributed by atoms with van der Waals surface area (Å²) >= 11 is 0. The molecule has 0 radical (unpaired) electrons. The van der Waals surface area contributed by atoms with E-state index in [0.29, 0.717) is 5.56 Å². The predicted octanol–water partition coefficient (Wildman–Crippen LogP) is 2.83. The van der Waals surface area contributed by atoms with Gasteiger partial charge >= 0.3 is 0 Å². The first kappa shape index (κ1) is 11.7. The third-order valence-electron chi connectivity index (χ3n) is 2.83. The summed E-state index contributed by atoms with van der Waals surface area (Å²) < 4.78 is 13.0. The lowest BCUT2D eigenvalue weighted by Gasteiger charge is -2.12. The molecule has 1 aromatic heterocycles. The molecule has 0 aliphatic rings. The van der Waals surface area contributed by atoms with Gasteiger partial charge in [0, 0.05) is 6.20 Å². The SMILES string of the molecule is CCc1ccc(C(N)c2cncc(F)c2)cc1. The Hall–Kier alpha value is -1.74. The van der Waals surface area contributed by atoms with Gasteiger partial charge in [0.15, 0.2) is 0 Å². The van der Waals surface area contributed by atoms with Gasteiger partial charge in [0.05, 0.1) is 12.2 Å². The largest absolute Gasteiger partial charge is 0.320 e. The first-order valence-corrected chi connectivity index (χ1v) is 5.65. The topological polar surface area (TPSA) is 38.9 Å². The molecule has 1 atom stereocenters. The molecule has 1 heterocycles. The summed E-state index contributed by atoms with van der Waals surface area (Å²) in [6.45, 7) is 2.10. The highest BCUT2D eigenvalue weighted by Crippen LogP contribution is 2.19. The molecule has 1 unspecified atom stereocenters. The van der Waals surface area contributed by atoms with Gasteiger partial charge in [0.2, 0.25) is 0 Å². The van der Waals surface area contributed by atoms with Gasteiger partial charge in [-0.05, 0) is 29.2 Å². The van der Waals surface area contributed by atoms with E-state index >= 15 is 0 Å². The van der Waals surface area contributed by atoms with E-state index in [0.717, 1.165) is 12.0 Å². The molecule has 88 valence electrons. The molecule has 0 bridgehead atoms. The van der Waals surface area contributed by atoms with E-state index in [1.54, 1.807) is 6.20 Å². The lowest BCUT2D eigenvalue weighted by Crippen LogP contribution is -2.12. The van der Waals surface area contributed by atoms with Crippen molar-refractivity contribution in [3.63, 3.8) is 0 Å². The molecule has 0 aliphatic carbocycles. The van der Waals surface area contributed by atoms with Gasteiger partial charge in [-0.1, -0.05) is 31.2 Å². The zero-order valence-corrected chi connectivity index (χ0v) is 9.73. The monoisotopic (exact) mass is 230 g/mol. The maximum atomic E-state index is 13.0. The summed E-state index contributed by atoms with van der Waals surface area (Å²) in [4.78, 5) is 3.81. The smallest absolute Gasteiger partial charge is 0.141 e. The van der Waals surface area contributed by atoms with E-state index in [2.05, 4.69) is 11.9 Å². The molecule has 0 saturated heterocycles. The molecule has 2 N–H and O–H groups in total. The molecule has 17 heavy (non-hydrogen) atoms. The highest BCUT2D eigenvalue weighted by atomic mass is 19.1. The number of benzene rings is 1. The summed E-state index contributed by atoms with van der Waals surface area (Å²) in [5.74, 6) is -0.358. The molecule has 0 aliphatic heterocycles. The molecule has 0 amide bonds. The van der Waals surface area contributed by atoms with Crippen LogP contribution in [-0.2, 0) is 6.42 Å². The fourth-order valence-corrected chi connectivity index (χ4v) is 1.75. The van der Waals surface area contributed by atoms with Crippen LogP contribution in [0.1, 0.15) is 29.7 Å². The number of pyridine rings is 1. The van der Waals surface area contributed by atoms with Crippen molar-refractivity contribution < 1.29 is 4.39 Å². The van der Waals surface area contributed by atoms with Gasteiger partial charge < -0.3 is 5.73 Å². The minimum absolute atomic E-state index is 0.330. The molecular formula is C14H15FN2. The Kier molecular flexibility index (Phi) is 3.49. The van der Waals surface area contributed by atoms with Crippen molar-refractivity contribution in [2.24, 2.45) is 5.73 Å². The second kappa shape index (κ2) is 5.06. The zero-order chi connectivity index (χ0) is 12.3. The van der Waals surface area contributed by atoms with Crippen molar-refractivity contribution >= 4 is 0 Å². The Morgan fingerprint density at radius 3 is 2.47 bits per heavy atom. The third-order valence-corrected chi connectivity index (χ3v) is 2.83. The van der Waals surface area contributed by atoms with Gasteiger partial charge in [-0.15, -0.1) is 0 Å². The van der Waals surface area contributed by atoms with Crippen LogP contribution >= 0.6 is 0 Å². The van der Waals surface area contributed by atoms with Crippen molar-refractivity contribution in [3.8, 4) is 0 Å². The van der Waals surface area contributed by atoms with Crippen molar-refractivity contribution in [1.29, 1.82) is 0 Å². The van der Waals surface area contributed by atoms with Gasteiger partial charge in [0.25, 0.3) is 0 Å². The Labute approximate surface area is 100 Å². The molecule has 1 aromatic carbocycles. The quantitative estimate of drug-likeness (QED) is 0.880. The number of aromatic nitrogens is 1. The maximum Gasteiger partial charge on any atom is 0.141 e. The minimum Gasteiger partial charge on any atom is -0.320 e. The van der Waals surface area contributed by atoms with Crippen molar-refractivity contribution in [2.75, 3.05) is 0 Å². The Bertz CT molecular complexity index is 494. The van der Waals surface area contributed by atoms with Gasteiger partial charge in [-0.2, -0.15) is 0 Å². The van der Waals surface area contributed by atoms with Gasteiger partial charge in [0.1, 0.15) is 5.82 Å². The van der Waals surface area contributed by atoms with Crippen LogP contribution in [0.25, 0.3) is 0 Å². The van der Waals surface area contributed by atoms with Crippen LogP contribution in [0.3, 0.4) is 0 Å². The summed E-state index contributed by atoms with van der Waals surface area (Å²) in [6, 6.07) is 9.14. The van der Waals surface area contributed by atoms with Crippen LogP contribution in [0.5, 0.6) is 0 Å². The highest BCUT2D eigenvalue weighted by Gasteiger charge is 2.09. The molecular weight excluding hydrogens is 215 g/mol. The first-order valence-electron chi connectivity index (χ1n) is 5.65. The van der Waals surface area contributed by atoms with E-state index in [9.17, 15) is 4.39 Å². The third kappa shape index (κ3) is 2.68. The van der Waals surface area contributed by atoms with Crippen molar-refractivity contribution in [3.05, 3.63) is 65.2 Å². The first-order chi connectivity index (χ1) is 8.20. The number of hydrogen-bond donors (Lipinski definition) is 1. The lowest BCUT2D eigenvalue weighted by molar-refractivity contribution is 0.616. The fraction of sp³-hybridized carbons (Fsp3) is 0.214. The van der Waals surface area contributed by atoms with E-state index in [1.807, 2.05) is 24.3 Å². The average molecular weight is 230 g/mol. The average Bonchev–Trinajstić information content (AvgIpc) is 2.38. The summed E-state index contributed by atoms with van der Waals surface area (Å²) in [7, 11) is 0. The Morgan fingerprint density at radius 1 is 1.18 bits per heavy atom. The minimum atomic E-state index is -0.358. The number of halogens is 1. The molecule has 0 fully saturated rings. The van der Waals surface area contributed by atoms with Gasteiger partial charge in [-0.3, -0.25) is 4.98 Å². The van der Waals surface area contributed by atoms with E-state index in [1.165, 1.54) is 17.8 Å². The van der Waals surface area contributed by atoms with E-state index in [-0.39, 0.29) is 11.9 Å². The maximum absolute atomic E-state index is 13.0. The van der Waals surface area contributed by atoms with Crippen molar-refractivity contribution in [1.82, 2.24) is 4.98 Å². The normalized spacial score (nSPS) is 12.4. The molecule has 0 saturated carbocycles. The molecule has 2 rings (SSSR count). The molecule has 3 heteroatoms. The van der Waals surface area contributed by atoms with Crippen LogP contribution in [0.2, 0.25) is 0 Å². The highest BCUT2D eigenvalue weighted by molar-refractivity contribution is 5.31. The molecule has 2 nitrogen and oxygen atoms in total. The second-order valence-corrected chi connectivity index (χ2v) is 4.01. The zero-order valence-electron chi connectivity index (χ0n) is 9.73. The Balaban J connectivity index is 2.27. The van der Waals surface area contributed by atoms with Crippen LogP contribution in [0.4, 0.5) is 4.39 Å². The van der Waals surface area contributed by atoms with Crippen LogP contribution in [0, 0.1) is 5.82 Å². The number of nitrogens with two attached hydrogens (primary N) is 1. The van der Waals surface area contributed by atoms with Crippen molar-refractivity contribution in [2.45, 2.75) is 19.4 Å². The van der Waals surface area contributed by atoms with Crippen LogP contribution in [0.15, 0.2) is 42.7 Å². The summed E-state index contributed by atoms with van der Waals surface area (Å²) in [6.07, 6.45) is 3.77. The standard InChI is InChI=1S/C14H15FN2/c1-2-10-3-5-11(6-4-10)14(16)12-7-13(15)9-17-8-12/h3-9,14H,2,16H2,1H3. The number of rotatable bonds is 3.